The molecule has 0 heterocycles. The monoisotopic (exact) mass is 1950 g/mol. The molecule has 0 N–H and O–H groups in total. The van der Waals surface area contributed by atoms with Crippen molar-refractivity contribution in [2.75, 3.05) is 132 Å². The predicted octanol–water partition coefficient (Wildman–Crippen LogP) is 20.9. The Labute approximate surface area is 772 Å². The maximum atomic E-state index is 12.1. The summed E-state index contributed by atoms with van der Waals surface area (Å²) in [5.74, 6) is -0.634. The summed E-state index contributed by atoms with van der Waals surface area (Å²) in [5, 5.41) is 2.27. The van der Waals surface area contributed by atoms with Gasteiger partial charge in [0, 0.05) is 63.7 Å². The third kappa shape index (κ3) is 116. The van der Waals surface area contributed by atoms with E-state index in [-0.39, 0.29) is 75.7 Å². The van der Waals surface area contributed by atoms with Crippen LogP contribution in [0.25, 0.3) is 0 Å². The molecule has 0 aromatic carbocycles. The lowest BCUT2D eigenvalue weighted by Gasteiger charge is -2.29. The number of halogens is 4. The standard InChI is InChI=1S/C52H102N2O8.C40H76Br2O4.C6H13NO2.2BrH/c1-49(55)59-47-43-53(3,4)41-35-29-23-17-13-19-25-31-37-45-61-51(57)39-33-27-21-15-11-9-7-8-10-12-16-22-28-34-40-52(58)62-46-38-32-26-20-14-18-24-30-36-42-54(5,6)44-48-60-50(2)56;41-35-29-23-17-11-7-13-19-25-31-37-45-39(43)33-27-21-15-9-5-3-1-2-4-6-10-16-22-28-34-40(44)46-38-32-26-20-14-8-12-18-24-30-36-42;1-6(8)9-5-4-7(2)3;;/h7-48H2,1-6H3;1-38H2;4-5H2,1-3H3;2*1H/q+2;;;;/p-2. The zero-order valence-corrected chi connectivity index (χ0v) is 85.4. The molecule has 0 bridgehead atoms. The summed E-state index contributed by atoms with van der Waals surface area (Å²) in [5.41, 5.74) is 0. The SMILES string of the molecule is CC(=O)OCCN(C)C.CC(=O)OCC[N+](C)(C)CCCCCCCCCCCOC(=O)CCCCCCCCCCCCCCCCC(=O)OCCCCCCCCCCC[N+](C)(C)CCOC(C)=O.O=C(CCCCCCCCCCCCCCCCC(=O)OCCCCCCCCCCCBr)OCCCCCCCCCCCBr.[Br-].[Br-]. The summed E-state index contributed by atoms with van der Waals surface area (Å²) in [6.45, 7) is 13.0. The Hall–Kier alpha value is -1.91. The smallest absolute Gasteiger partial charge is 0.305 e. The number of unbranched alkanes of at least 4 members (excludes halogenated alkanes) is 58. The topological polar surface area (TPSA) is 187 Å². The van der Waals surface area contributed by atoms with Crippen molar-refractivity contribution in [3.05, 3.63) is 0 Å². The molecule has 0 aliphatic rings. The van der Waals surface area contributed by atoms with Crippen molar-refractivity contribution in [1.29, 1.82) is 0 Å². The van der Waals surface area contributed by atoms with E-state index in [1.54, 1.807) is 0 Å². The first-order valence-electron chi connectivity index (χ1n) is 49.1. The maximum Gasteiger partial charge on any atom is 0.305 e. The fourth-order valence-corrected chi connectivity index (χ4v) is 15.2. The molecule has 0 spiro atoms. The molecular weight excluding hydrogens is 1760 g/mol. The molecule has 0 saturated carbocycles. The first-order chi connectivity index (χ1) is 56.7. The molecule has 0 aromatic heterocycles. The molecule has 17 nitrogen and oxygen atoms in total. The Morgan fingerprint density at radius 3 is 0.546 bits per heavy atom. The van der Waals surface area contributed by atoms with Gasteiger partial charge < -0.3 is 81.0 Å². The van der Waals surface area contributed by atoms with Gasteiger partial charge >= 0.3 is 41.8 Å². The minimum Gasteiger partial charge on any atom is -1.00 e. The number of rotatable bonds is 89. The van der Waals surface area contributed by atoms with Crippen LogP contribution >= 0.6 is 31.9 Å². The van der Waals surface area contributed by atoms with Gasteiger partial charge in [-0.1, -0.05) is 353 Å². The van der Waals surface area contributed by atoms with Crippen molar-refractivity contribution in [2.45, 2.75) is 457 Å². The van der Waals surface area contributed by atoms with E-state index in [1.165, 1.54) is 342 Å². The maximum absolute atomic E-state index is 12.1. The van der Waals surface area contributed by atoms with E-state index in [1.807, 2.05) is 19.0 Å². The van der Waals surface area contributed by atoms with E-state index < -0.39 is 0 Å². The van der Waals surface area contributed by atoms with Crippen LogP contribution in [0.2, 0.25) is 0 Å². The Morgan fingerprint density at radius 2 is 0.370 bits per heavy atom. The van der Waals surface area contributed by atoms with E-state index in [0.717, 1.165) is 142 Å². The number of ether oxygens (including phenoxy) is 7. The number of hydrogen-bond donors (Lipinski definition) is 0. The van der Waals surface area contributed by atoms with E-state index in [4.69, 9.17) is 28.4 Å². The Morgan fingerprint density at radius 1 is 0.210 bits per heavy atom. The number of carbonyl (C=O) groups is 7. The second-order valence-electron chi connectivity index (χ2n) is 35.5. The van der Waals surface area contributed by atoms with E-state index in [9.17, 15) is 33.6 Å². The Bertz CT molecular complexity index is 2030. The quantitative estimate of drug-likeness (QED) is 0.0184. The van der Waals surface area contributed by atoms with Crippen LogP contribution in [0.3, 0.4) is 0 Å². The van der Waals surface area contributed by atoms with Crippen molar-refractivity contribution in [3.8, 4) is 0 Å². The van der Waals surface area contributed by atoms with Crippen molar-refractivity contribution < 1.29 is 110 Å². The van der Waals surface area contributed by atoms with Crippen LogP contribution in [0.5, 0.6) is 0 Å². The Balaban J connectivity index is -0.000000669. The fraction of sp³-hybridized carbons (Fsp3) is 0.929. The van der Waals surface area contributed by atoms with Crippen molar-refractivity contribution in [1.82, 2.24) is 4.90 Å². The third-order valence-corrected chi connectivity index (χ3v) is 23.4. The van der Waals surface area contributed by atoms with Gasteiger partial charge in [-0.15, -0.1) is 0 Å². The van der Waals surface area contributed by atoms with Gasteiger partial charge in [-0.05, 0) is 104 Å². The summed E-state index contributed by atoms with van der Waals surface area (Å²) >= 11 is 6.98. The highest BCUT2D eigenvalue weighted by Gasteiger charge is 2.17. The minimum atomic E-state index is -0.211. The van der Waals surface area contributed by atoms with Gasteiger partial charge in [-0.3, -0.25) is 33.6 Å². The van der Waals surface area contributed by atoms with Gasteiger partial charge in [0.15, 0.2) is 0 Å². The lowest BCUT2D eigenvalue weighted by molar-refractivity contribution is -0.890. The van der Waals surface area contributed by atoms with E-state index >= 15 is 0 Å². The second-order valence-corrected chi connectivity index (χ2v) is 37.1. The first-order valence-corrected chi connectivity index (χ1v) is 51.3. The van der Waals surface area contributed by atoms with Crippen LogP contribution in [0, 0.1) is 0 Å². The highest BCUT2D eigenvalue weighted by Crippen LogP contribution is 2.20. The highest BCUT2D eigenvalue weighted by molar-refractivity contribution is 9.09. The lowest BCUT2D eigenvalue weighted by atomic mass is 10.0. The zero-order chi connectivity index (χ0) is 86.6. The van der Waals surface area contributed by atoms with Crippen LogP contribution in [-0.4, -0.2) is 188 Å². The molecule has 0 amide bonds. The number of hydrogen-bond acceptors (Lipinski definition) is 15. The molecule has 0 saturated heterocycles. The van der Waals surface area contributed by atoms with Crippen molar-refractivity contribution in [3.63, 3.8) is 0 Å². The Kier molecular flexibility index (Phi) is 107. The van der Waals surface area contributed by atoms with Crippen LogP contribution in [0.15, 0.2) is 0 Å². The molecule has 710 valence electrons. The summed E-state index contributed by atoms with van der Waals surface area (Å²) < 4.78 is 38.4. The average molecular weight is 1960 g/mol. The van der Waals surface area contributed by atoms with Gasteiger partial charge in [0.05, 0.1) is 67.7 Å². The summed E-state index contributed by atoms with van der Waals surface area (Å²) in [7, 11) is 12.7. The number of quaternary nitrogens is 2. The van der Waals surface area contributed by atoms with E-state index in [2.05, 4.69) is 64.8 Å². The van der Waals surface area contributed by atoms with Gasteiger partial charge in [0.1, 0.15) is 32.9 Å². The summed E-state index contributed by atoms with van der Waals surface area (Å²) in [6.07, 6.45) is 81.9. The minimum absolute atomic E-state index is 0. The van der Waals surface area contributed by atoms with Gasteiger partial charge in [0.25, 0.3) is 0 Å². The van der Waals surface area contributed by atoms with Crippen molar-refractivity contribution >= 4 is 73.6 Å². The number of alkyl halides is 2. The molecule has 0 aliphatic carbocycles. The third-order valence-electron chi connectivity index (χ3n) is 22.3. The van der Waals surface area contributed by atoms with Crippen LogP contribution in [0.4, 0.5) is 0 Å². The zero-order valence-electron chi connectivity index (χ0n) is 79.1. The van der Waals surface area contributed by atoms with Crippen LogP contribution in [0.1, 0.15) is 457 Å². The van der Waals surface area contributed by atoms with Crippen LogP contribution in [-0.2, 0) is 66.7 Å². The van der Waals surface area contributed by atoms with Gasteiger partial charge in [0.2, 0.25) is 0 Å². The largest absolute Gasteiger partial charge is 1.00 e. The lowest BCUT2D eigenvalue weighted by Crippen LogP contribution is -3.00. The highest BCUT2D eigenvalue weighted by atomic mass is 79.9. The fourth-order valence-electron chi connectivity index (χ4n) is 14.4. The molecule has 0 atom stereocenters. The number of nitrogens with zero attached hydrogens (tertiary/aromatic N) is 3. The molecule has 0 fully saturated rings. The molecule has 0 aliphatic heterocycles. The molecule has 0 radical (unpaired) electrons. The molecular formula is C98H191Br4N3O14. The second kappa shape index (κ2) is 101. The number of esters is 7. The van der Waals surface area contributed by atoms with E-state index in [0.29, 0.717) is 71.9 Å². The molecule has 0 rings (SSSR count). The molecule has 21 heteroatoms. The van der Waals surface area contributed by atoms with Crippen LogP contribution < -0.4 is 34.0 Å². The van der Waals surface area contributed by atoms with Crippen molar-refractivity contribution in [2.24, 2.45) is 0 Å². The molecule has 119 heavy (non-hydrogen) atoms. The average Bonchev–Trinajstić information content (AvgIpc) is 0.941. The van der Waals surface area contributed by atoms with Gasteiger partial charge in [-0.2, -0.15) is 0 Å². The summed E-state index contributed by atoms with van der Waals surface area (Å²) in [4.78, 5) is 82.0. The normalized spacial score (nSPS) is 11.2. The number of carbonyl (C=O) groups excluding carboxylic acids is 7. The molecule has 0 aromatic rings. The van der Waals surface area contributed by atoms with Gasteiger partial charge in [-0.25, -0.2) is 0 Å². The summed E-state index contributed by atoms with van der Waals surface area (Å²) in [6, 6.07) is 0. The predicted molar refractivity (Wildman–Crippen MR) is 498 cm³/mol. The molecule has 0 unspecified atom stereocenters. The first kappa shape index (κ1) is 126. The number of likely N-dealkylation sites (N-methyl/N-ethyl adjacent to an activating group) is 3.